The number of nitrogens with zero attached hydrogens (tertiary/aromatic N) is 3. The summed E-state index contributed by atoms with van der Waals surface area (Å²) >= 11 is 0. The van der Waals surface area contributed by atoms with Gasteiger partial charge in [0.25, 0.3) is 5.91 Å². The van der Waals surface area contributed by atoms with E-state index in [1.54, 1.807) is 6.20 Å². The quantitative estimate of drug-likeness (QED) is 0.682. The van der Waals surface area contributed by atoms with E-state index in [9.17, 15) is 4.79 Å². The van der Waals surface area contributed by atoms with Gasteiger partial charge in [-0.2, -0.15) is 0 Å². The predicted molar refractivity (Wildman–Crippen MR) is 134 cm³/mol. The summed E-state index contributed by atoms with van der Waals surface area (Å²) in [5.74, 6) is 0.115. The summed E-state index contributed by atoms with van der Waals surface area (Å²) in [5.41, 5.74) is 11.4. The summed E-state index contributed by atoms with van der Waals surface area (Å²) in [5, 5.41) is 3.10. The number of carbonyl (C=O) groups excluding carboxylic acids is 1. The van der Waals surface area contributed by atoms with E-state index in [-0.39, 0.29) is 17.8 Å². The molecule has 35 heavy (non-hydrogen) atoms. The molecular formula is C27H35N5O3. The molecule has 4 heterocycles. The van der Waals surface area contributed by atoms with Gasteiger partial charge < -0.3 is 20.5 Å². The van der Waals surface area contributed by atoms with Crippen LogP contribution in [0.25, 0.3) is 11.1 Å². The number of carbonyl (C=O) groups is 1. The highest BCUT2D eigenvalue weighted by molar-refractivity contribution is 5.99. The van der Waals surface area contributed by atoms with Gasteiger partial charge in [0.1, 0.15) is 5.82 Å². The van der Waals surface area contributed by atoms with Crippen LogP contribution in [0.5, 0.6) is 0 Å². The van der Waals surface area contributed by atoms with Crippen LogP contribution in [0.2, 0.25) is 0 Å². The maximum Gasteiger partial charge on any atom is 0.255 e. The third kappa shape index (κ3) is 4.68. The molecule has 0 spiro atoms. The standard InChI is InChI=1S/C27H35N5O3/c28-26-24(27(33)30-21-5-11-34-12-6-21)14-20(15-29-26)18-1-3-23-19(13-18)2-4-25(23)32-9-7-31(8-10-32)22-16-35-17-22/h1,3,13-15,21-22,25H,2,4-12,16-17H2,(H2,28,29)(H,30,33). The van der Waals surface area contributed by atoms with Crippen LogP contribution >= 0.6 is 0 Å². The van der Waals surface area contributed by atoms with Gasteiger partial charge in [-0.3, -0.25) is 14.6 Å². The molecule has 3 aliphatic heterocycles. The predicted octanol–water partition coefficient (Wildman–Crippen LogP) is 2.24. The highest BCUT2D eigenvalue weighted by Crippen LogP contribution is 2.38. The lowest BCUT2D eigenvalue weighted by molar-refractivity contribution is -0.0798. The number of piperazine rings is 1. The van der Waals surface area contributed by atoms with Gasteiger partial charge >= 0.3 is 0 Å². The fourth-order valence-corrected chi connectivity index (χ4v) is 5.92. The van der Waals surface area contributed by atoms with Gasteiger partial charge in [-0.15, -0.1) is 0 Å². The number of pyridine rings is 1. The summed E-state index contributed by atoms with van der Waals surface area (Å²) < 4.78 is 10.8. The van der Waals surface area contributed by atoms with Crippen molar-refractivity contribution >= 4 is 11.7 Å². The molecule has 1 atom stereocenters. The Bertz CT molecular complexity index is 1070. The normalized spacial score (nSPS) is 24.2. The fourth-order valence-electron chi connectivity index (χ4n) is 5.92. The summed E-state index contributed by atoms with van der Waals surface area (Å²) in [4.78, 5) is 22.5. The van der Waals surface area contributed by atoms with E-state index < -0.39 is 0 Å². The van der Waals surface area contributed by atoms with E-state index in [1.807, 2.05) is 6.07 Å². The molecule has 3 fully saturated rings. The minimum Gasteiger partial charge on any atom is -0.383 e. The summed E-state index contributed by atoms with van der Waals surface area (Å²) in [6.07, 6.45) is 5.69. The van der Waals surface area contributed by atoms with Crippen LogP contribution in [-0.2, 0) is 15.9 Å². The molecule has 0 saturated carbocycles. The van der Waals surface area contributed by atoms with E-state index >= 15 is 0 Å². The van der Waals surface area contributed by atoms with E-state index in [0.717, 1.165) is 69.8 Å². The summed E-state index contributed by atoms with van der Waals surface area (Å²) in [7, 11) is 0. The van der Waals surface area contributed by atoms with Crippen molar-refractivity contribution in [3.63, 3.8) is 0 Å². The lowest BCUT2D eigenvalue weighted by Crippen LogP contribution is -2.56. The molecule has 0 radical (unpaired) electrons. The third-order valence-corrected chi connectivity index (χ3v) is 8.17. The van der Waals surface area contributed by atoms with Crippen molar-refractivity contribution < 1.29 is 14.3 Å². The van der Waals surface area contributed by atoms with Gasteiger partial charge in [0.15, 0.2) is 0 Å². The average molecular weight is 478 g/mol. The number of fused-ring (bicyclic) bond motifs is 1. The number of rotatable bonds is 5. The Morgan fingerprint density at radius 3 is 2.49 bits per heavy atom. The highest BCUT2D eigenvalue weighted by atomic mass is 16.5. The number of nitrogens with two attached hydrogens (primary N) is 1. The molecule has 1 aromatic heterocycles. The number of hydrogen-bond donors (Lipinski definition) is 2. The molecule has 1 unspecified atom stereocenters. The number of aromatic nitrogens is 1. The lowest BCUT2D eigenvalue weighted by atomic mass is 9.98. The van der Waals surface area contributed by atoms with Crippen LogP contribution in [0, 0.1) is 0 Å². The topological polar surface area (TPSA) is 93.0 Å². The van der Waals surface area contributed by atoms with Gasteiger partial charge in [-0.25, -0.2) is 4.98 Å². The van der Waals surface area contributed by atoms with E-state index in [1.165, 1.54) is 17.5 Å². The van der Waals surface area contributed by atoms with Gasteiger partial charge in [-0.05, 0) is 48.4 Å². The number of nitrogens with one attached hydrogen (secondary N) is 1. The molecule has 1 aromatic carbocycles. The molecule has 1 aliphatic carbocycles. The van der Waals surface area contributed by atoms with Crippen LogP contribution < -0.4 is 11.1 Å². The smallest absolute Gasteiger partial charge is 0.255 e. The maximum atomic E-state index is 12.9. The Morgan fingerprint density at radius 1 is 0.971 bits per heavy atom. The van der Waals surface area contributed by atoms with Crippen LogP contribution in [0.3, 0.4) is 0 Å². The molecule has 4 aliphatic rings. The Kier molecular flexibility index (Phi) is 6.45. The van der Waals surface area contributed by atoms with Crippen LogP contribution in [-0.4, -0.2) is 85.4 Å². The number of hydrogen-bond acceptors (Lipinski definition) is 7. The fraction of sp³-hybridized carbons (Fsp3) is 0.556. The zero-order valence-electron chi connectivity index (χ0n) is 20.2. The monoisotopic (exact) mass is 477 g/mol. The Morgan fingerprint density at radius 2 is 1.74 bits per heavy atom. The first-order valence-corrected chi connectivity index (χ1v) is 13.0. The number of nitrogen functional groups attached to an aromatic ring is 1. The zero-order valence-corrected chi connectivity index (χ0v) is 20.2. The molecule has 2 aromatic rings. The van der Waals surface area contributed by atoms with Crippen molar-refractivity contribution in [3.05, 3.63) is 47.2 Å². The first-order chi connectivity index (χ1) is 17.2. The van der Waals surface area contributed by atoms with Crippen LogP contribution in [0.15, 0.2) is 30.5 Å². The van der Waals surface area contributed by atoms with Crippen molar-refractivity contribution in [2.24, 2.45) is 0 Å². The number of anilines is 1. The summed E-state index contributed by atoms with van der Waals surface area (Å²) in [6.45, 7) is 7.66. The molecule has 1 amide bonds. The Hall–Kier alpha value is -2.52. The average Bonchev–Trinajstić information content (AvgIpc) is 3.28. The van der Waals surface area contributed by atoms with Gasteiger partial charge in [0, 0.05) is 63.2 Å². The van der Waals surface area contributed by atoms with E-state index in [0.29, 0.717) is 30.9 Å². The molecular weight excluding hydrogens is 442 g/mol. The molecule has 8 nitrogen and oxygen atoms in total. The first-order valence-electron chi connectivity index (χ1n) is 13.0. The minimum absolute atomic E-state index is 0.125. The van der Waals surface area contributed by atoms with Crippen molar-refractivity contribution in [3.8, 4) is 11.1 Å². The molecule has 186 valence electrons. The second-order valence-electron chi connectivity index (χ2n) is 10.2. The molecule has 6 rings (SSSR count). The van der Waals surface area contributed by atoms with E-state index in [4.69, 9.17) is 15.2 Å². The Labute approximate surface area is 206 Å². The van der Waals surface area contributed by atoms with Gasteiger partial charge in [0.05, 0.1) is 24.8 Å². The number of aryl methyl sites for hydroxylation is 1. The summed E-state index contributed by atoms with van der Waals surface area (Å²) in [6, 6.07) is 9.88. The zero-order chi connectivity index (χ0) is 23.8. The highest BCUT2D eigenvalue weighted by Gasteiger charge is 2.34. The van der Waals surface area contributed by atoms with Crippen LogP contribution in [0.1, 0.15) is 46.8 Å². The second-order valence-corrected chi connectivity index (χ2v) is 10.2. The first kappa shape index (κ1) is 22.9. The van der Waals surface area contributed by atoms with Gasteiger partial charge in [-0.1, -0.05) is 18.2 Å². The van der Waals surface area contributed by atoms with Crippen molar-refractivity contribution in [2.45, 2.75) is 43.8 Å². The lowest BCUT2D eigenvalue weighted by Gasteiger charge is -2.44. The molecule has 0 bridgehead atoms. The number of ether oxygens (including phenoxy) is 2. The van der Waals surface area contributed by atoms with Crippen molar-refractivity contribution in [2.75, 3.05) is 58.3 Å². The largest absolute Gasteiger partial charge is 0.383 e. The van der Waals surface area contributed by atoms with Crippen molar-refractivity contribution in [1.82, 2.24) is 20.1 Å². The van der Waals surface area contributed by atoms with Crippen molar-refractivity contribution in [1.29, 1.82) is 0 Å². The van der Waals surface area contributed by atoms with Gasteiger partial charge in [0.2, 0.25) is 0 Å². The second kappa shape index (κ2) is 9.85. The SMILES string of the molecule is Nc1ncc(-c2ccc3c(c2)CCC3N2CCN(C3COC3)CC2)cc1C(=O)NC1CCOCC1. The third-order valence-electron chi connectivity index (χ3n) is 8.17. The Balaban J connectivity index is 1.15. The molecule has 8 heteroatoms. The van der Waals surface area contributed by atoms with Crippen LogP contribution in [0.4, 0.5) is 5.82 Å². The van der Waals surface area contributed by atoms with E-state index in [2.05, 4.69) is 38.3 Å². The molecule has 3 saturated heterocycles. The number of benzene rings is 1. The molecule has 3 N–H and O–H groups in total. The minimum atomic E-state index is -0.155. The maximum absolute atomic E-state index is 12.9. The number of amides is 1.